The molecule has 3 rings (SSSR count). The van der Waals surface area contributed by atoms with Crippen LogP contribution in [-0.4, -0.2) is 34.6 Å². The monoisotopic (exact) mass is 311 g/mol. The summed E-state index contributed by atoms with van der Waals surface area (Å²) >= 11 is 7.79. The Balaban J connectivity index is 1.83. The minimum atomic E-state index is -0.0605. The lowest BCUT2D eigenvalue weighted by atomic mass is 10.2. The first kappa shape index (κ1) is 13.5. The maximum Gasteiger partial charge on any atom is 0.153 e. The first-order chi connectivity index (χ1) is 9.65. The number of hydrogen-bond acceptors (Lipinski definition) is 7. The number of nitrogen functional groups attached to an aromatic ring is 1. The first-order valence-corrected chi connectivity index (χ1v) is 7.45. The number of nitrogens with zero attached hydrogens (tertiary/aromatic N) is 4. The number of morpholine rings is 1. The number of ether oxygens (including phenoxy) is 1. The molecule has 106 valence electrons. The van der Waals surface area contributed by atoms with Gasteiger partial charge >= 0.3 is 0 Å². The van der Waals surface area contributed by atoms with Gasteiger partial charge in [0.25, 0.3) is 0 Å². The number of thiazole rings is 1. The van der Waals surface area contributed by atoms with Gasteiger partial charge in [0, 0.05) is 17.6 Å². The van der Waals surface area contributed by atoms with Crippen molar-refractivity contribution < 1.29 is 4.74 Å². The van der Waals surface area contributed by atoms with Crippen molar-refractivity contribution in [2.75, 3.05) is 30.3 Å². The second-order valence-electron chi connectivity index (χ2n) is 4.53. The Labute approximate surface area is 125 Å². The summed E-state index contributed by atoms with van der Waals surface area (Å²) < 4.78 is 5.79. The number of aromatic nitrogens is 3. The molecule has 1 aliphatic rings. The van der Waals surface area contributed by atoms with E-state index in [4.69, 9.17) is 22.1 Å². The van der Waals surface area contributed by atoms with Gasteiger partial charge in [0.1, 0.15) is 28.3 Å². The number of rotatable bonds is 2. The van der Waals surface area contributed by atoms with Crippen LogP contribution in [0.25, 0.3) is 0 Å². The van der Waals surface area contributed by atoms with Crippen LogP contribution in [0.4, 0.5) is 11.6 Å². The average Bonchev–Trinajstić information content (AvgIpc) is 2.89. The number of halogens is 1. The fourth-order valence-electron chi connectivity index (χ4n) is 2.11. The van der Waals surface area contributed by atoms with Gasteiger partial charge in [-0.1, -0.05) is 11.6 Å². The van der Waals surface area contributed by atoms with Gasteiger partial charge in [0.05, 0.1) is 13.2 Å². The highest BCUT2D eigenvalue weighted by atomic mass is 35.5. The smallest absolute Gasteiger partial charge is 0.153 e. The molecule has 2 aromatic rings. The molecule has 0 aliphatic carbocycles. The van der Waals surface area contributed by atoms with E-state index >= 15 is 0 Å². The van der Waals surface area contributed by atoms with Crippen LogP contribution in [0.3, 0.4) is 0 Å². The van der Waals surface area contributed by atoms with Crippen molar-refractivity contribution in [3.05, 3.63) is 27.4 Å². The van der Waals surface area contributed by atoms with Gasteiger partial charge in [-0.3, -0.25) is 0 Å². The highest BCUT2D eigenvalue weighted by molar-refractivity contribution is 7.09. The Kier molecular flexibility index (Phi) is 3.73. The first-order valence-electron chi connectivity index (χ1n) is 6.19. The van der Waals surface area contributed by atoms with Gasteiger partial charge in [-0.15, -0.1) is 11.3 Å². The quantitative estimate of drug-likeness (QED) is 0.914. The van der Waals surface area contributed by atoms with E-state index in [1.807, 2.05) is 12.3 Å². The standard InChI is InChI=1S/C12H14ClN5OS/c1-7-5-20-12(17-7)8-4-18(2-3-19-8)11-9(13)10(14)15-6-16-11/h5-6,8H,2-4H2,1H3,(H2,14,15,16)/t8-/m1/s1. The second-order valence-corrected chi connectivity index (χ2v) is 5.80. The Hall–Kier alpha value is -1.44. The van der Waals surface area contributed by atoms with Crippen LogP contribution in [0.5, 0.6) is 0 Å². The number of aryl methyl sites for hydroxylation is 1. The minimum absolute atomic E-state index is 0.0605. The van der Waals surface area contributed by atoms with Crippen molar-refractivity contribution in [1.29, 1.82) is 0 Å². The fraction of sp³-hybridized carbons (Fsp3) is 0.417. The molecule has 20 heavy (non-hydrogen) atoms. The summed E-state index contributed by atoms with van der Waals surface area (Å²) in [6.45, 7) is 3.95. The minimum Gasteiger partial charge on any atom is -0.382 e. The van der Waals surface area contributed by atoms with Gasteiger partial charge in [-0.2, -0.15) is 0 Å². The molecule has 3 heterocycles. The lowest BCUT2D eigenvalue weighted by Gasteiger charge is -2.33. The highest BCUT2D eigenvalue weighted by Crippen LogP contribution is 2.32. The van der Waals surface area contributed by atoms with E-state index in [2.05, 4.69) is 19.9 Å². The molecule has 1 atom stereocenters. The maximum absolute atomic E-state index is 6.18. The normalized spacial score (nSPS) is 19.3. The van der Waals surface area contributed by atoms with Crippen molar-refractivity contribution in [2.45, 2.75) is 13.0 Å². The molecule has 2 aromatic heterocycles. The summed E-state index contributed by atoms with van der Waals surface area (Å²) in [4.78, 5) is 14.6. The van der Waals surface area contributed by atoms with Crippen molar-refractivity contribution in [3.8, 4) is 0 Å². The summed E-state index contributed by atoms with van der Waals surface area (Å²) in [5.74, 6) is 0.950. The lowest BCUT2D eigenvalue weighted by molar-refractivity contribution is 0.0393. The predicted octanol–water partition coefficient (Wildman–Crippen LogP) is 2.06. The molecule has 2 N–H and O–H groups in total. The molecule has 1 saturated heterocycles. The molecule has 0 radical (unpaired) electrons. The molecule has 0 unspecified atom stereocenters. The number of nitrogens with two attached hydrogens (primary N) is 1. The molecule has 0 saturated carbocycles. The molecule has 6 nitrogen and oxygen atoms in total. The van der Waals surface area contributed by atoms with E-state index < -0.39 is 0 Å². The van der Waals surface area contributed by atoms with Gasteiger partial charge in [0.2, 0.25) is 0 Å². The SMILES string of the molecule is Cc1csc([C@H]2CN(c3ncnc(N)c3Cl)CCO2)n1. The number of anilines is 2. The zero-order valence-electron chi connectivity index (χ0n) is 10.9. The van der Waals surface area contributed by atoms with E-state index in [-0.39, 0.29) is 6.10 Å². The molecular weight excluding hydrogens is 298 g/mol. The third-order valence-electron chi connectivity index (χ3n) is 3.08. The summed E-state index contributed by atoms with van der Waals surface area (Å²) in [5.41, 5.74) is 6.73. The maximum atomic E-state index is 6.18. The fourth-order valence-corrected chi connectivity index (χ4v) is 3.16. The molecule has 1 fully saturated rings. The Morgan fingerprint density at radius 1 is 1.50 bits per heavy atom. The third kappa shape index (κ3) is 2.56. The highest BCUT2D eigenvalue weighted by Gasteiger charge is 2.26. The summed E-state index contributed by atoms with van der Waals surface area (Å²) in [5, 5.41) is 3.39. The largest absolute Gasteiger partial charge is 0.382 e. The van der Waals surface area contributed by atoms with Gasteiger partial charge in [-0.05, 0) is 6.92 Å². The van der Waals surface area contributed by atoms with Crippen LogP contribution in [0.15, 0.2) is 11.7 Å². The lowest BCUT2D eigenvalue weighted by Crippen LogP contribution is -2.39. The van der Waals surface area contributed by atoms with Crippen molar-refractivity contribution in [3.63, 3.8) is 0 Å². The Morgan fingerprint density at radius 2 is 2.35 bits per heavy atom. The van der Waals surface area contributed by atoms with Crippen molar-refractivity contribution in [2.24, 2.45) is 0 Å². The average molecular weight is 312 g/mol. The van der Waals surface area contributed by atoms with E-state index in [1.54, 1.807) is 11.3 Å². The zero-order valence-corrected chi connectivity index (χ0v) is 12.5. The zero-order chi connectivity index (χ0) is 14.1. The van der Waals surface area contributed by atoms with E-state index in [1.165, 1.54) is 6.33 Å². The molecule has 0 amide bonds. The van der Waals surface area contributed by atoms with Crippen LogP contribution < -0.4 is 10.6 Å². The Bertz CT molecular complexity index is 620. The van der Waals surface area contributed by atoms with Gasteiger partial charge in [0.15, 0.2) is 5.82 Å². The van der Waals surface area contributed by atoms with Crippen molar-refractivity contribution >= 4 is 34.6 Å². The third-order valence-corrected chi connectivity index (χ3v) is 4.49. The molecule has 0 bridgehead atoms. The second kappa shape index (κ2) is 5.51. The molecule has 0 spiro atoms. The van der Waals surface area contributed by atoms with E-state index in [9.17, 15) is 0 Å². The van der Waals surface area contributed by atoms with Crippen LogP contribution in [0.1, 0.15) is 16.8 Å². The predicted molar refractivity (Wildman–Crippen MR) is 79.2 cm³/mol. The topological polar surface area (TPSA) is 77.2 Å². The summed E-state index contributed by atoms with van der Waals surface area (Å²) in [6, 6.07) is 0. The van der Waals surface area contributed by atoms with Gasteiger partial charge in [-0.25, -0.2) is 15.0 Å². The Morgan fingerprint density at radius 3 is 3.10 bits per heavy atom. The van der Waals surface area contributed by atoms with Crippen LogP contribution in [-0.2, 0) is 4.74 Å². The van der Waals surface area contributed by atoms with Gasteiger partial charge < -0.3 is 15.4 Å². The summed E-state index contributed by atoms with van der Waals surface area (Å²) in [6.07, 6.45) is 1.36. The van der Waals surface area contributed by atoms with Crippen molar-refractivity contribution in [1.82, 2.24) is 15.0 Å². The molecule has 0 aromatic carbocycles. The number of hydrogen-bond donors (Lipinski definition) is 1. The summed E-state index contributed by atoms with van der Waals surface area (Å²) in [7, 11) is 0. The van der Waals surface area contributed by atoms with E-state index in [0.29, 0.717) is 29.8 Å². The molecule has 8 heteroatoms. The van der Waals surface area contributed by atoms with Crippen LogP contribution in [0.2, 0.25) is 5.02 Å². The van der Waals surface area contributed by atoms with E-state index in [0.717, 1.165) is 17.2 Å². The molecular formula is C12H14ClN5OS. The van der Waals surface area contributed by atoms with Crippen LogP contribution >= 0.6 is 22.9 Å². The van der Waals surface area contributed by atoms with Crippen LogP contribution in [0, 0.1) is 6.92 Å². The molecule has 1 aliphatic heterocycles.